The zero-order chi connectivity index (χ0) is 10.7. The Balaban J connectivity index is 2.54. The van der Waals surface area contributed by atoms with Crippen LogP contribution in [0.5, 0.6) is 0 Å². The largest absolute Gasteiger partial charge is 0.341 e. The van der Waals surface area contributed by atoms with Crippen LogP contribution >= 0.6 is 0 Å². The van der Waals surface area contributed by atoms with Gasteiger partial charge in [-0.05, 0) is 31.9 Å². The van der Waals surface area contributed by atoms with Crippen LogP contribution in [0.25, 0.3) is 10.9 Å². The highest BCUT2D eigenvalue weighted by atomic mass is 15.0. The van der Waals surface area contributed by atoms with Crippen molar-refractivity contribution in [3.05, 3.63) is 35.0 Å². The SMILES string of the molecule is Cc1c(C)n2c3c(cccc13)[C@@H](C)[C@H]2C. The predicted molar refractivity (Wildman–Crippen MR) is 64.5 cm³/mol. The molecule has 1 aliphatic rings. The number of hydrogen-bond donors (Lipinski definition) is 0. The van der Waals surface area contributed by atoms with Crippen LogP contribution in [-0.2, 0) is 0 Å². The van der Waals surface area contributed by atoms with E-state index in [2.05, 4.69) is 50.5 Å². The zero-order valence-corrected chi connectivity index (χ0v) is 9.83. The van der Waals surface area contributed by atoms with Gasteiger partial charge in [-0.1, -0.05) is 25.1 Å². The second-order valence-electron chi connectivity index (χ2n) is 4.85. The van der Waals surface area contributed by atoms with Crippen LogP contribution in [0.2, 0.25) is 0 Å². The minimum atomic E-state index is 0.610. The van der Waals surface area contributed by atoms with E-state index in [1.807, 2.05) is 0 Å². The van der Waals surface area contributed by atoms with Crippen molar-refractivity contribution in [2.45, 2.75) is 39.7 Å². The van der Waals surface area contributed by atoms with Crippen LogP contribution in [0, 0.1) is 13.8 Å². The van der Waals surface area contributed by atoms with Crippen molar-refractivity contribution in [1.82, 2.24) is 4.57 Å². The summed E-state index contributed by atoms with van der Waals surface area (Å²) in [7, 11) is 0. The number of aryl methyl sites for hydroxylation is 1. The van der Waals surface area contributed by atoms with E-state index in [1.165, 1.54) is 27.7 Å². The summed E-state index contributed by atoms with van der Waals surface area (Å²) in [5, 5.41) is 1.45. The molecule has 0 aliphatic carbocycles. The molecule has 15 heavy (non-hydrogen) atoms. The van der Waals surface area contributed by atoms with Crippen LogP contribution in [0.3, 0.4) is 0 Å². The Kier molecular flexibility index (Phi) is 1.60. The first kappa shape index (κ1) is 9.02. The molecule has 0 saturated heterocycles. The summed E-state index contributed by atoms with van der Waals surface area (Å²) in [6.07, 6.45) is 0. The summed E-state index contributed by atoms with van der Waals surface area (Å²) < 4.78 is 2.52. The van der Waals surface area contributed by atoms with Crippen molar-refractivity contribution in [2.75, 3.05) is 0 Å². The summed E-state index contributed by atoms with van der Waals surface area (Å²) in [6, 6.07) is 7.34. The molecule has 0 amide bonds. The lowest BCUT2D eigenvalue weighted by Gasteiger charge is -2.15. The third-order valence-electron chi connectivity index (χ3n) is 4.24. The summed E-state index contributed by atoms with van der Waals surface area (Å²) in [4.78, 5) is 0. The van der Waals surface area contributed by atoms with Crippen LogP contribution in [0.15, 0.2) is 18.2 Å². The molecule has 2 aromatic rings. The number of nitrogens with zero attached hydrogens (tertiary/aromatic N) is 1. The smallest absolute Gasteiger partial charge is 0.0523 e. The molecule has 0 unspecified atom stereocenters. The molecule has 0 spiro atoms. The van der Waals surface area contributed by atoms with E-state index in [0.717, 1.165) is 0 Å². The molecular weight excluding hydrogens is 182 g/mol. The maximum absolute atomic E-state index is 2.52. The van der Waals surface area contributed by atoms with Crippen LogP contribution in [0.1, 0.15) is 42.6 Å². The van der Waals surface area contributed by atoms with Crippen molar-refractivity contribution in [3.63, 3.8) is 0 Å². The van der Waals surface area contributed by atoms with Crippen molar-refractivity contribution in [2.24, 2.45) is 0 Å². The lowest BCUT2D eigenvalue weighted by Crippen LogP contribution is -2.06. The van der Waals surface area contributed by atoms with E-state index >= 15 is 0 Å². The van der Waals surface area contributed by atoms with Gasteiger partial charge in [-0.2, -0.15) is 0 Å². The summed E-state index contributed by atoms with van der Waals surface area (Å²) in [5.74, 6) is 0.656. The normalized spacial score (nSPS) is 24.0. The number of rotatable bonds is 0. The Labute approximate surface area is 90.7 Å². The highest BCUT2D eigenvalue weighted by Gasteiger charge is 2.30. The molecule has 1 nitrogen and oxygen atoms in total. The highest BCUT2D eigenvalue weighted by Crippen LogP contribution is 2.44. The standard InChI is InChI=1S/C14H17N/c1-8-10(3)15-11(4)9(2)13-7-5-6-12(8)14(13)15/h5-8,10H,1-4H3/t8-,10+/m0/s1. The Morgan fingerprint density at radius 2 is 1.87 bits per heavy atom. The summed E-state index contributed by atoms with van der Waals surface area (Å²) >= 11 is 0. The molecule has 0 bridgehead atoms. The van der Waals surface area contributed by atoms with Crippen LogP contribution in [0.4, 0.5) is 0 Å². The van der Waals surface area contributed by atoms with E-state index in [-0.39, 0.29) is 0 Å². The zero-order valence-electron chi connectivity index (χ0n) is 9.83. The van der Waals surface area contributed by atoms with Gasteiger partial charge >= 0.3 is 0 Å². The molecule has 1 aliphatic heterocycles. The first-order valence-corrected chi connectivity index (χ1v) is 5.73. The molecule has 0 radical (unpaired) electrons. The fourth-order valence-electron chi connectivity index (χ4n) is 3.04. The van der Waals surface area contributed by atoms with Gasteiger partial charge in [-0.3, -0.25) is 0 Å². The molecule has 0 saturated carbocycles. The van der Waals surface area contributed by atoms with E-state index in [9.17, 15) is 0 Å². The molecule has 78 valence electrons. The van der Waals surface area contributed by atoms with Gasteiger partial charge in [0, 0.05) is 23.0 Å². The van der Waals surface area contributed by atoms with Gasteiger partial charge in [-0.15, -0.1) is 0 Å². The summed E-state index contributed by atoms with van der Waals surface area (Å²) in [6.45, 7) is 9.14. The topological polar surface area (TPSA) is 4.93 Å². The average Bonchev–Trinajstić information content (AvgIpc) is 2.64. The number of benzene rings is 1. The Morgan fingerprint density at radius 1 is 1.13 bits per heavy atom. The average molecular weight is 199 g/mol. The minimum Gasteiger partial charge on any atom is -0.341 e. The van der Waals surface area contributed by atoms with Gasteiger partial charge in [0.05, 0.1) is 5.52 Å². The number of para-hydroxylation sites is 1. The molecule has 3 rings (SSSR count). The lowest BCUT2D eigenvalue weighted by atomic mass is 9.95. The number of aromatic nitrogens is 1. The first-order chi connectivity index (χ1) is 7.13. The minimum absolute atomic E-state index is 0.610. The molecule has 2 atom stereocenters. The molecule has 1 heteroatoms. The van der Waals surface area contributed by atoms with Crippen molar-refractivity contribution < 1.29 is 0 Å². The van der Waals surface area contributed by atoms with E-state index in [0.29, 0.717) is 12.0 Å². The lowest BCUT2D eigenvalue weighted by molar-refractivity contribution is 0.506. The maximum Gasteiger partial charge on any atom is 0.0523 e. The van der Waals surface area contributed by atoms with E-state index < -0.39 is 0 Å². The van der Waals surface area contributed by atoms with Gasteiger partial charge in [0.25, 0.3) is 0 Å². The fraction of sp³-hybridized carbons (Fsp3) is 0.429. The Morgan fingerprint density at radius 3 is 2.60 bits per heavy atom. The van der Waals surface area contributed by atoms with Gasteiger partial charge in [0.1, 0.15) is 0 Å². The van der Waals surface area contributed by atoms with E-state index in [1.54, 1.807) is 0 Å². The predicted octanol–water partition coefficient (Wildman–Crippen LogP) is 3.94. The van der Waals surface area contributed by atoms with E-state index in [4.69, 9.17) is 0 Å². The van der Waals surface area contributed by atoms with Crippen molar-refractivity contribution in [3.8, 4) is 0 Å². The fourth-order valence-corrected chi connectivity index (χ4v) is 3.04. The Hall–Kier alpha value is -1.24. The van der Waals surface area contributed by atoms with Crippen LogP contribution in [-0.4, -0.2) is 4.57 Å². The van der Waals surface area contributed by atoms with Gasteiger partial charge in [0.2, 0.25) is 0 Å². The number of hydrogen-bond acceptors (Lipinski definition) is 0. The Bertz CT molecular complexity index is 548. The second-order valence-corrected chi connectivity index (χ2v) is 4.85. The molecule has 0 N–H and O–H groups in total. The quantitative estimate of drug-likeness (QED) is 0.605. The third-order valence-corrected chi connectivity index (χ3v) is 4.24. The molecule has 0 fully saturated rings. The second kappa shape index (κ2) is 2.66. The van der Waals surface area contributed by atoms with Gasteiger partial charge in [-0.25, -0.2) is 0 Å². The van der Waals surface area contributed by atoms with Gasteiger partial charge in [0.15, 0.2) is 0 Å². The maximum atomic E-state index is 2.52. The molecule has 1 aromatic carbocycles. The van der Waals surface area contributed by atoms with Crippen molar-refractivity contribution in [1.29, 1.82) is 0 Å². The molecule has 2 heterocycles. The summed E-state index contributed by atoms with van der Waals surface area (Å²) in [5.41, 5.74) is 5.89. The van der Waals surface area contributed by atoms with Gasteiger partial charge < -0.3 is 4.57 Å². The first-order valence-electron chi connectivity index (χ1n) is 5.73. The molecule has 1 aromatic heterocycles. The highest BCUT2D eigenvalue weighted by molar-refractivity contribution is 5.90. The third kappa shape index (κ3) is 0.889. The monoisotopic (exact) mass is 199 g/mol. The van der Waals surface area contributed by atoms with Crippen molar-refractivity contribution >= 4 is 10.9 Å². The molecular formula is C14H17N. The van der Waals surface area contributed by atoms with Crippen LogP contribution < -0.4 is 0 Å².